The molecule has 0 saturated heterocycles. The van der Waals surface area contributed by atoms with Gasteiger partial charge >= 0.3 is 0 Å². The first-order valence-corrected chi connectivity index (χ1v) is 12.9. The predicted molar refractivity (Wildman–Crippen MR) is 129 cm³/mol. The van der Waals surface area contributed by atoms with Crippen LogP contribution in [0.2, 0.25) is 0 Å². The molecule has 5 heteroatoms. The van der Waals surface area contributed by atoms with Crippen LogP contribution in [0.5, 0.6) is 0 Å². The zero-order chi connectivity index (χ0) is 23.0. The fraction of sp³-hybridized carbons (Fsp3) is 0.769. The largest absolute Gasteiger partial charge is 0.393 e. The second-order valence-electron chi connectivity index (χ2n) is 10.9. The van der Waals surface area contributed by atoms with E-state index < -0.39 is 17.8 Å². The van der Waals surface area contributed by atoms with Crippen LogP contribution in [-0.4, -0.2) is 55.3 Å². The second kappa shape index (κ2) is 9.72. The maximum Gasteiger partial charge on any atom is 0.0811 e. The summed E-state index contributed by atoms with van der Waals surface area (Å²) in [5.74, 6) is 1.51. The topological polar surface area (TPSA) is 80.9 Å². The van der Waals surface area contributed by atoms with Gasteiger partial charge in [0, 0.05) is 17.6 Å². The van der Waals surface area contributed by atoms with Crippen LogP contribution in [0.4, 0.5) is 0 Å². The molecule has 4 N–H and O–H groups in total. The summed E-state index contributed by atoms with van der Waals surface area (Å²) in [6, 6.07) is 0. The molecule has 0 aliphatic heterocycles. The smallest absolute Gasteiger partial charge is 0.0811 e. The maximum atomic E-state index is 11.1. The van der Waals surface area contributed by atoms with Gasteiger partial charge in [-0.15, -0.1) is 0 Å². The Hall–Kier alpha value is -0.590. The van der Waals surface area contributed by atoms with Gasteiger partial charge in [-0.3, -0.25) is 0 Å². The molecule has 31 heavy (non-hydrogen) atoms. The third-order valence-corrected chi connectivity index (χ3v) is 9.20. The van der Waals surface area contributed by atoms with E-state index in [2.05, 4.69) is 32.6 Å². The van der Waals surface area contributed by atoms with Gasteiger partial charge in [-0.05, 0) is 80.6 Å². The third kappa shape index (κ3) is 5.67. The Kier molecular flexibility index (Phi) is 7.85. The average Bonchev–Trinajstić information content (AvgIpc) is 2.92. The standard InChI is InChI=1S/C26H42O4S/c1-16-19(13-20(27)14-22(16)28)9-8-18-7-6-10-26(5)21(18)15-23(29)24(26)17(2)31-12-11-25(3,4)30/h8-9,17,20-24,27-30H,1,6-7,10-15H2,2-5H3/b18-8+,19-9-/t17?,20-,21+,22+,23-,24+,26+/m1/s1. The minimum atomic E-state index is -0.663. The number of hydrogen-bond donors (Lipinski definition) is 4. The highest BCUT2D eigenvalue weighted by Gasteiger charge is 2.55. The Labute approximate surface area is 192 Å². The molecular weight excluding hydrogens is 408 g/mol. The summed E-state index contributed by atoms with van der Waals surface area (Å²) in [6.07, 6.45) is 8.53. The highest BCUT2D eigenvalue weighted by Crippen LogP contribution is 2.59. The lowest BCUT2D eigenvalue weighted by molar-refractivity contribution is 0.0685. The molecule has 0 amide bonds. The first kappa shape index (κ1) is 25.0. The number of aliphatic hydroxyl groups excluding tert-OH is 3. The molecule has 0 aromatic heterocycles. The van der Waals surface area contributed by atoms with E-state index >= 15 is 0 Å². The van der Waals surface area contributed by atoms with Crippen LogP contribution in [0.3, 0.4) is 0 Å². The fourth-order valence-electron chi connectivity index (χ4n) is 6.20. The molecule has 3 aliphatic rings. The molecule has 3 saturated carbocycles. The maximum absolute atomic E-state index is 11.1. The van der Waals surface area contributed by atoms with Gasteiger partial charge in [-0.2, -0.15) is 11.8 Å². The van der Waals surface area contributed by atoms with Crippen molar-refractivity contribution < 1.29 is 20.4 Å². The van der Waals surface area contributed by atoms with Crippen LogP contribution in [-0.2, 0) is 0 Å². The zero-order valence-corrected chi connectivity index (χ0v) is 20.5. The molecule has 0 radical (unpaired) electrons. The quantitative estimate of drug-likeness (QED) is 0.483. The summed E-state index contributed by atoms with van der Waals surface area (Å²) in [4.78, 5) is 0. The van der Waals surface area contributed by atoms with Crippen molar-refractivity contribution in [1.82, 2.24) is 0 Å². The summed E-state index contributed by atoms with van der Waals surface area (Å²) >= 11 is 1.88. The van der Waals surface area contributed by atoms with Gasteiger partial charge in [0.15, 0.2) is 0 Å². The Bertz CT molecular complexity index is 721. The molecule has 3 aliphatic carbocycles. The first-order chi connectivity index (χ1) is 14.4. The summed E-state index contributed by atoms with van der Waals surface area (Å²) in [6.45, 7) is 12.3. The Balaban J connectivity index is 1.75. The zero-order valence-electron chi connectivity index (χ0n) is 19.7. The highest BCUT2D eigenvalue weighted by atomic mass is 32.2. The van der Waals surface area contributed by atoms with Crippen LogP contribution in [0.15, 0.2) is 35.5 Å². The van der Waals surface area contributed by atoms with E-state index in [0.717, 1.165) is 49.0 Å². The van der Waals surface area contributed by atoms with Crippen molar-refractivity contribution in [3.05, 3.63) is 35.5 Å². The van der Waals surface area contributed by atoms with Crippen molar-refractivity contribution in [3.8, 4) is 0 Å². The lowest BCUT2D eigenvalue weighted by atomic mass is 9.63. The monoisotopic (exact) mass is 450 g/mol. The van der Waals surface area contributed by atoms with Gasteiger partial charge in [-0.1, -0.05) is 38.2 Å². The molecule has 0 bridgehead atoms. The van der Waals surface area contributed by atoms with Crippen LogP contribution < -0.4 is 0 Å². The summed E-state index contributed by atoms with van der Waals surface area (Å²) in [5, 5.41) is 41.6. The minimum absolute atomic E-state index is 0.0752. The molecule has 7 atom stereocenters. The molecule has 3 rings (SSSR count). The molecule has 1 unspecified atom stereocenters. The normalized spacial score (nSPS) is 40.4. The van der Waals surface area contributed by atoms with Crippen molar-refractivity contribution >= 4 is 11.8 Å². The van der Waals surface area contributed by atoms with E-state index in [0.29, 0.717) is 24.0 Å². The van der Waals surface area contributed by atoms with Crippen molar-refractivity contribution in [2.24, 2.45) is 17.3 Å². The number of thioether (sulfide) groups is 1. The highest BCUT2D eigenvalue weighted by molar-refractivity contribution is 7.99. The van der Waals surface area contributed by atoms with Gasteiger partial charge < -0.3 is 20.4 Å². The Morgan fingerprint density at radius 1 is 1.23 bits per heavy atom. The van der Waals surface area contributed by atoms with E-state index in [1.165, 1.54) is 5.57 Å². The number of hydrogen-bond acceptors (Lipinski definition) is 5. The predicted octanol–water partition coefficient (Wildman–Crippen LogP) is 4.38. The molecular formula is C26H42O4S. The van der Waals surface area contributed by atoms with Crippen molar-refractivity contribution in [3.63, 3.8) is 0 Å². The molecule has 0 aromatic rings. The van der Waals surface area contributed by atoms with E-state index in [1.54, 1.807) is 0 Å². The molecule has 0 heterocycles. The Morgan fingerprint density at radius 2 is 1.94 bits per heavy atom. The fourth-order valence-corrected chi connectivity index (χ4v) is 7.89. The lowest BCUT2D eigenvalue weighted by Crippen LogP contribution is -2.39. The average molecular weight is 451 g/mol. The molecule has 3 fully saturated rings. The van der Waals surface area contributed by atoms with E-state index in [4.69, 9.17) is 0 Å². The van der Waals surface area contributed by atoms with Crippen molar-refractivity contribution in [2.45, 2.75) is 102 Å². The van der Waals surface area contributed by atoms with E-state index in [-0.39, 0.29) is 17.4 Å². The van der Waals surface area contributed by atoms with Gasteiger partial charge in [0.05, 0.1) is 23.9 Å². The number of aliphatic hydroxyl groups is 4. The molecule has 0 spiro atoms. The second-order valence-corrected chi connectivity index (χ2v) is 12.4. The van der Waals surface area contributed by atoms with E-state index in [1.807, 2.05) is 25.6 Å². The van der Waals surface area contributed by atoms with Gasteiger partial charge in [0.1, 0.15) is 0 Å². The number of fused-ring (bicyclic) bond motifs is 1. The van der Waals surface area contributed by atoms with Crippen LogP contribution in [0.25, 0.3) is 0 Å². The molecule has 176 valence electrons. The van der Waals surface area contributed by atoms with Gasteiger partial charge in [0.2, 0.25) is 0 Å². The summed E-state index contributed by atoms with van der Waals surface area (Å²) in [5.41, 5.74) is 2.48. The van der Waals surface area contributed by atoms with Crippen molar-refractivity contribution in [1.29, 1.82) is 0 Å². The van der Waals surface area contributed by atoms with Crippen LogP contribution >= 0.6 is 11.8 Å². The molecule has 4 nitrogen and oxygen atoms in total. The SMILES string of the molecule is C=C1/C(=C\C=C2/CCC[C@@]3(C)[C@H]2C[C@@H](O)[C@@H]3C(C)SCCC(C)(C)O)C[C@@H](O)C[C@@H]1O. The van der Waals surface area contributed by atoms with Crippen molar-refractivity contribution in [2.75, 3.05) is 5.75 Å². The number of rotatable bonds is 6. The van der Waals surface area contributed by atoms with Gasteiger partial charge in [0.25, 0.3) is 0 Å². The van der Waals surface area contributed by atoms with E-state index in [9.17, 15) is 20.4 Å². The van der Waals surface area contributed by atoms with Crippen LogP contribution in [0.1, 0.15) is 72.6 Å². The first-order valence-electron chi connectivity index (χ1n) is 11.9. The summed E-state index contributed by atoms with van der Waals surface area (Å²) < 4.78 is 0. The third-order valence-electron chi connectivity index (χ3n) is 7.94. The Morgan fingerprint density at radius 3 is 2.61 bits per heavy atom. The minimum Gasteiger partial charge on any atom is -0.393 e. The van der Waals surface area contributed by atoms with Gasteiger partial charge in [-0.25, -0.2) is 0 Å². The molecule has 0 aromatic carbocycles. The lowest BCUT2D eigenvalue weighted by Gasteiger charge is -2.44. The number of allylic oxidation sites excluding steroid dienone is 3. The summed E-state index contributed by atoms with van der Waals surface area (Å²) in [7, 11) is 0. The van der Waals surface area contributed by atoms with Crippen LogP contribution in [0, 0.1) is 17.3 Å².